The van der Waals surface area contributed by atoms with E-state index in [2.05, 4.69) is 17.5 Å². The van der Waals surface area contributed by atoms with E-state index in [1.165, 1.54) is 11.1 Å². The van der Waals surface area contributed by atoms with Gasteiger partial charge in [-0.05, 0) is 37.5 Å². The molecule has 3 heteroatoms. The molecule has 3 nitrogen and oxygen atoms in total. The van der Waals surface area contributed by atoms with E-state index in [1.54, 1.807) is 6.92 Å². The quantitative estimate of drug-likeness (QED) is 0.832. The molecule has 20 heavy (non-hydrogen) atoms. The summed E-state index contributed by atoms with van der Waals surface area (Å²) in [6.07, 6.45) is 12.7. The molecule has 0 aromatic rings. The van der Waals surface area contributed by atoms with E-state index in [0.29, 0.717) is 6.42 Å². The number of allylic oxidation sites excluding steroid dienone is 5. The highest BCUT2D eigenvalue weighted by atomic mass is 16.2. The number of Topliss-reactive ketones (excluding diaryl/α,β-unsaturated/α-hetero) is 1. The first-order valence-corrected chi connectivity index (χ1v) is 7.36. The van der Waals surface area contributed by atoms with Gasteiger partial charge in [0.1, 0.15) is 0 Å². The van der Waals surface area contributed by atoms with Crippen LogP contribution in [-0.4, -0.2) is 30.6 Å². The predicted molar refractivity (Wildman–Crippen MR) is 83.6 cm³/mol. The second kappa shape index (κ2) is 9.45. The molecule has 2 aliphatic rings. The van der Waals surface area contributed by atoms with Crippen LogP contribution < -0.4 is 5.32 Å². The number of rotatable bonds is 3. The molecule has 1 aliphatic heterocycles. The molecule has 0 aromatic heterocycles. The van der Waals surface area contributed by atoms with Crippen molar-refractivity contribution < 1.29 is 9.90 Å². The number of carbonyl (C=O) groups excluding carboxylic acids is 1. The molecule has 110 valence electrons. The van der Waals surface area contributed by atoms with Crippen LogP contribution in [0, 0.1) is 0 Å². The Labute approximate surface area is 121 Å². The maximum atomic E-state index is 11.8. The number of carbonyl (C=O) groups is 1. The van der Waals surface area contributed by atoms with Gasteiger partial charge in [0.15, 0.2) is 5.78 Å². The van der Waals surface area contributed by atoms with Crippen molar-refractivity contribution in [2.24, 2.45) is 0 Å². The largest absolute Gasteiger partial charge is 0.397 e. The van der Waals surface area contributed by atoms with Crippen LogP contribution in [0.15, 0.2) is 47.1 Å². The number of hydrogen-bond donors (Lipinski definition) is 2. The molecule has 0 amide bonds. The Bertz CT molecular complexity index is 442. The number of aliphatic hydroxyl groups is 1. The smallest absolute Gasteiger partial charge is 0.162 e. The van der Waals surface area contributed by atoms with Gasteiger partial charge in [0.25, 0.3) is 0 Å². The molecule has 2 rings (SSSR count). The highest BCUT2D eigenvalue weighted by Crippen LogP contribution is 2.19. The summed E-state index contributed by atoms with van der Waals surface area (Å²) in [5, 5.41) is 10.9. The van der Waals surface area contributed by atoms with Crippen molar-refractivity contribution in [2.45, 2.75) is 33.1 Å². The van der Waals surface area contributed by atoms with Crippen LogP contribution in [0.5, 0.6) is 0 Å². The maximum Gasteiger partial charge on any atom is 0.162 e. The third kappa shape index (κ3) is 5.27. The summed E-state index contributed by atoms with van der Waals surface area (Å²) in [4.78, 5) is 11.8. The first kappa shape index (κ1) is 16.6. The number of hydrogen-bond acceptors (Lipinski definition) is 3. The van der Waals surface area contributed by atoms with Gasteiger partial charge in [0.2, 0.25) is 0 Å². The third-order valence-corrected chi connectivity index (χ3v) is 3.14. The van der Waals surface area contributed by atoms with Crippen molar-refractivity contribution in [3.8, 4) is 0 Å². The van der Waals surface area contributed by atoms with E-state index in [1.807, 2.05) is 25.2 Å². The second-order valence-electron chi connectivity index (χ2n) is 4.78. The van der Waals surface area contributed by atoms with Crippen molar-refractivity contribution in [3.05, 3.63) is 47.1 Å². The lowest BCUT2D eigenvalue weighted by atomic mass is 9.96. The Morgan fingerprint density at radius 2 is 2.00 bits per heavy atom. The van der Waals surface area contributed by atoms with E-state index in [0.717, 1.165) is 31.5 Å². The lowest BCUT2D eigenvalue weighted by Gasteiger charge is -2.17. The predicted octanol–water partition coefficient (Wildman–Crippen LogP) is 2.70. The summed E-state index contributed by atoms with van der Waals surface area (Å²) in [6, 6.07) is 0. The van der Waals surface area contributed by atoms with E-state index >= 15 is 0 Å². The summed E-state index contributed by atoms with van der Waals surface area (Å²) < 4.78 is 0. The first-order chi connectivity index (χ1) is 9.72. The van der Waals surface area contributed by atoms with Gasteiger partial charge in [-0.1, -0.05) is 37.3 Å². The Balaban J connectivity index is 0.000000612. The van der Waals surface area contributed by atoms with E-state index in [-0.39, 0.29) is 12.4 Å². The van der Waals surface area contributed by atoms with Crippen molar-refractivity contribution in [2.75, 3.05) is 19.7 Å². The van der Waals surface area contributed by atoms with Gasteiger partial charge in [-0.2, -0.15) is 0 Å². The molecule has 0 atom stereocenters. The fraction of sp³-hybridized carbons (Fsp3) is 0.471. The minimum absolute atomic E-state index is 0.237. The molecular formula is C17H25NO2. The normalized spacial score (nSPS) is 23.2. The second-order valence-corrected chi connectivity index (χ2v) is 4.78. The van der Waals surface area contributed by atoms with Gasteiger partial charge in [-0.15, -0.1) is 0 Å². The molecule has 0 saturated heterocycles. The minimum atomic E-state index is 0.237. The zero-order valence-corrected chi connectivity index (χ0v) is 12.5. The van der Waals surface area contributed by atoms with Crippen molar-refractivity contribution in [3.63, 3.8) is 0 Å². The molecule has 0 saturated carbocycles. The first-order valence-electron chi connectivity index (χ1n) is 7.36. The van der Waals surface area contributed by atoms with Crippen LogP contribution >= 0.6 is 0 Å². The van der Waals surface area contributed by atoms with Crippen LogP contribution in [-0.2, 0) is 4.79 Å². The van der Waals surface area contributed by atoms with Crippen LogP contribution in [0.2, 0.25) is 0 Å². The Morgan fingerprint density at radius 3 is 2.70 bits per heavy atom. The fourth-order valence-electron chi connectivity index (χ4n) is 2.15. The van der Waals surface area contributed by atoms with Gasteiger partial charge in [0.05, 0.1) is 0 Å². The van der Waals surface area contributed by atoms with Gasteiger partial charge < -0.3 is 10.4 Å². The van der Waals surface area contributed by atoms with Crippen molar-refractivity contribution in [1.29, 1.82) is 0 Å². The molecule has 0 unspecified atom stereocenters. The zero-order chi connectivity index (χ0) is 14.8. The maximum absolute atomic E-state index is 11.8. The van der Waals surface area contributed by atoms with Crippen molar-refractivity contribution in [1.82, 2.24) is 5.32 Å². The topological polar surface area (TPSA) is 49.3 Å². The van der Waals surface area contributed by atoms with Crippen LogP contribution in [0.3, 0.4) is 0 Å². The zero-order valence-electron chi connectivity index (χ0n) is 12.5. The molecule has 2 N–H and O–H groups in total. The van der Waals surface area contributed by atoms with Crippen LogP contribution in [0.1, 0.15) is 33.1 Å². The van der Waals surface area contributed by atoms with Gasteiger partial charge >= 0.3 is 0 Å². The lowest BCUT2D eigenvalue weighted by Crippen LogP contribution is -2.24. The van der Waals surface area contributed by atoms with Gasteiger partial charge in [-0.25, -0.2) is 0 Å². The lowest BCUT2D eigenvalue weighted by molar-refractivity contribution is -0.115. The standard InChI is InChI=1S/C15H19NO.C2H6O/c1-2-4-15(17)13-6-3-5-12-9-10-16-11-14(12)8-7-13;1-2-3/h3,5-8,16H,2,4,9-11H2,1H3;3H,2H2,1H3/b5-3+,6-3?,8-7-,12-5?,13-6-,13-7?,14-8?;. The van der Waals surface area contributed by atoms with Crippen molar-refractivity contribution >= 4 is 5.78 Å². The Kier molecular flexibility index (Phi) is 7.85. The molecule has 0 bridgehead atoms. The summed E-state index contributed by atoms with van der Waals surface area (Å²) in [6.45, 7) is 5.92. The van der Waals surface area contributed by atoms with E-state index < -0.39 is 0 Å². The summed E-state index contributed by atoms with van der Waals surface area (Å²) in [7, 11) is 0. The number of aliphatic hydroxyl groups excluding tert-OH is 1. The van der Waals surface area contributed by atoms with Gasteiger partial charge in [0, 0.05) is 25.1 Å². The molecule has 0 aromatic carbocycles. The molecule has 1 aliphatic carbocycles. The number of ketones is 1. The minimum Gasteiger partial charge on any atom is -0.397 e. The number of nitrogens with one attached hydrogen (secondary N) is 1. The molecule has 1 heterocycles. The Morgan fingerprint density at radius 1 is 1.25 bits per heavy atom. The highest BCUT2D eigenvalue weighted by Gasteiger charge is 2.10. The van der Waals surface area contributed by atoms with Crippen LogP contribution in [0.25, 0.3) is 0 Å². The summed E-state index contributed by atoms with van der Waals surface area (Å²) in [5.74, 6) is 0.237. The average Bonchev–Trinajstić information content (AvgIpc) is 2.41. The fourth-order valence-corrected chi connectivity index (χ4v) is 2.15. The molecule has 0 radical (unpaired) electrons. The van der Waals surface area contributed by atoms with Crippen LogP contribution in [0.4, 0.5) is 0 Å². The molecular weight excluding hydrogens is 250 g/mol. The summed E-state index contributed by atoms with van der Waals surface area (Å²) in [5.41, 5.74) is 3.51. The molecule has 0 spiro atoms. The van der Waals surface area contributed by atoms with Gasteiger partial charge in [-0.3, -0.25) is 4.79 Å². The highest BCUT2D eigenvalue weighted by molar-refractivity contribution is 5.98. The monoisotopic (exact) mass is 275 g/mol. The molecule has 0 fully saturated rings. The average molecular weight is 275 g/mol. The van der Waals surface area contributed by atoms with E-state index in [4.69, 9.17) is 5.11 Å². The third-order valence-electron chi connectivity index (χ3n) is 3.14. The Hall–Kier alpha value is -1.45. The SMILES string of the molecule is CCCC(=O)C1=C\C=C\C2=C(/C=C\1)CNCC2.CCO. The summed E-state index contributed by atoms with van der Waals surface area (Å²) >= 11 is 0. The van der Waals surface area contributed by atoms with E-state index in [9.17, 15) is 4.79 Å².